The van der Waals surface area contributed by atoms with Crippen LogP contribution < -0.4 is 4.74 Å². The molecule has 1 aliphatic heterocycles. The van der Waals surface area contributed by atoms with Crippen molar-refractivity contribution in [1.29, 1.82) is 0 Å². The summed E-state index contributed by atoms with van der Waals surface area (Å²) in [5, 5.41) is 0.521. The third-order valence-corrected chi connectivity index (χ3v) is 8.19. The van der Waals surface area contributed by atoms with Crippen LogP contribution in [-0.2, 0) is 4.79 Å². The molecule has 0 N–H and O–H groups in total. The van der Waals surface area contributed by atoms with Gasteiger partial charge in [-0.05, 0) is 80.9 Å². The van der Waals surface area contributed by atoms with E-state index in [1.165, 1.54) is 19.3 Å². The van der Waals surface area contributed by atoms with Crippen molar-refractivity contribution in [3.05, 3.63) is 28.8 Å². The zero-order valence-electron chi connectivity index (χ0n) is 17.7. The van der Waals surface area contributed by atoms with Gasteiger partial charge in [-0.1, -0.05) is 11.6 Å². The lowest BCUT2D eigenvalue weighted by Gasteiger charge is -2.56. The highest BCUT2D eigenvalue weighted by Crippen LogP contribution is 2.60. The molecule has 2 amide bonds. The third-order valence-electron chi connectivity index (χ3n) is 7.95. The molecule has 0 aromatic heterocycles. The Kier molecular flexibility index (Phi) is 5.20. The lowest BCUT2D eigenvalue weighted by Crippen LogP contribution is -2.55. The number of benzene rings is 1. The minimum atomic E-state index is -0.107. The van der Waals surface area contributed by atoms with Gasteiger partial charge in [-0.25, -0.2) is 0 Å². The molecule has 4 saturated carbocycles. The Hall–Kier alpha value is -1.75. The van der Waals surface area contributed by atoms with Gasteiger partial charge in [-0.15, -0.1) is 0 Å². The predicted molar refractivity (Wildman–Crippen MR) is 116 cm³/mol. The summed E-state index contributed by atoms with van der Waals surface area (Å²) in [5.41, 5.74) is 0.384. The highest BCUT2D eigenvalue weighted by atomic mass is 35.5. The zero-order chi connectivity index (χ0) is 20.9. The van der Waals surface area contributed by atoms with Crippen LogP contribution >= 0.6 is 11.6 Å². The number of carbonyl (C=O) groups excluding carboxylic acids is 2. The molecule has 0 spiro atoms. The lowest BCUT2D eigenvalue weighted by atomic mass is 9.49. The Morgan fingerprint density at radius 2 is 1.57 bits per heavy atom. The molecule has 1 heterocycles. The van der Waals surface area contributed by atoms with Crippen LogP contribution in [0.15, 0.2) is 18.2 Å². The van der Waals surface area contributed by atoms with Gasteiger partial charge in [0.2, 0.25) is 5.91 Å². The molecule has 0 unspecified atom stereocenters. The molecule has 4 bridgehead atoms. The first kappa shape index (κ1) is 20.2. The average Bonchev–Trinajstić information content (AvgIpc) is 2.98. The van der Waals surface area contributed by atoms with E-state index < -0.39 is 0 Å². The Morgan fingerprint density at radius 1 is 0.967 bits per heavy atom. The molecule has 30 heavy (non-hydrogen) atoms. The van der Waals surface area contributed by atoms with Gasteiger partial charge in [-0.2, -0.15) is 0 Å². The van der Waals surface area contributed by atoms with Crippen LogP contribution in [0, 0.1) is 23.2 Å². The minimum absolute atomic E-state index is 0.0709. The molecule has 5 fully saturated rings. The summed E-state index contributed by atoms with van der Waals surface area (Å²) in [4.78, 5) is 30.8. The number of ether oxygens (including phenoxy) is 1. The fraction of sp³-hybridized carbons (Fsp3) is 0.667. The highest BCUT2D eigenvalue weighted by Gasteiger charge is 2.55. The van der Waals surface area contributed by atoms with Crippen molar-refractivity contribution in [2.24, 2.45) is 23.2 Å². The second-order valence-corrected chi connectivity index (χ2v) is 10.4. The molecule has 1 aromatic rings. The molecular weight excluding hydrogens is 400 g/mol. The Balaban J connectivity index is 1.29. The van der Waals surface area contributed by atoms with Gasteiger partial charge < -0.3 is 14.5 Å². The zero-order valence-corrected chi connectivity index (χ0v) is 18.5. The van der Waals surface area contributed by atoms with E-state index in [-0.39, 0.29) is 11.3 Å². The highest BCUT2D eigenvalue weighted by molar-refractivity contribution is 6.31. The van der Waals surface area contributed by atoms with E-state index in [2.05, 4.69) is 4.90 Å². The van der Waals surface area contributed by atoms with Crippen molar-refractivity contribution < 1.29 is 14.3 Å². The topological polar surface area (TPSA) is 49.9 Å². The standard InChI is InChI=1S/C24H31ClN2O3/c1-30-21-4-3-19(25)12-20(21)22(28)26-5-2-6-27(8-7-26)23(29)24-13-16-9-17(14-24)11-18(10-16)15-24/h3-4,12,16-18H,2,5-11,13-15H2,1H3. The number of rotatable bonds is 3. The number of hydrogen-bond acceptors (Lipinski definition) is 3. The van der Waals surface area contributed by atoms with E-state index in [1.807, 2.05) is 4.90 Å². The monoisotopic (exact) mass is 430 g/mol. The van der Waals surface area contributed by atoms with Gasteiger partial charge >= 0.3 is 0 Å². The van der Waals surface area contributed by atoms with E-state index in [4.69, 9.17) is 16.3 Å². The summed E-state index contributed by atoms with van der Waals surface area (Å²) in [5.74, 6) is 3.13. The van der Waals surface area contributed by atoms with Crippen molar-refractivity contribution in [2.75, 3.05) is 33.3 Å². The summed E-state index contributed by atoms with van der Waals surface area (Å²) in [6, 6.07) is 5.13. The maximum absolute atomic E-state index is 13.7. The maximum atomic E-state index is 13.7. The number of halogens is 1. The van der Waals surface area contributed by atoms with Gasteiger partial charge in [-0.3, -0.25) is 9.59 Å². The third kappa shape index (κ3) is 3.49. The van der Waals surface area contributed by atoms with Gasteiger partial charge in [0.25, 0.3) is 5.91 Å². The van der Waals surface area contributed by atoms with Crippen LogP contribution in [0.25, 0.3) is 0 Å². The molecule has 1 aromatic carbocycles. The van der Waals surface area contributed by atoms with Crippen molar-refractivity contribution >= 4 is 23.4 Å². The van der Waals surface area contributed by atoms with Crippen molar-refractivity contribution in [3.63, 3.8) is 0 Å². The van der Waals surface area contributed by atoms with Crippen molar-refractivity contribution in [3.8, 4) is 5.75 Å². The number of methoxy groups -OCH3 is 1. The van der Waals surface area contributed by atoms with Crippen molar-refractivity contribution in [2.45, 2.75) is 44.9 Å². The van der Waals surface area contributed by atoms with E-state index >= 15 is 0 Å². The smallest absolute Gasteiger partial charge is 0.257 e. The first-order valence-electron chi connectivity index (χ1n) is 11.4. The van der Waals surface area contributed by atoms with Gasteiger partial charge in [0.05, 0.1) is 18.1 Å². The van der Waals surface area contributed by atoms with E-state index in [0.29, 0.717) is 41.9 Å². The second kappa shape index (κ2) is 7.74. The summed E-state index contributed by atoms with van der Waals surface area (Å²) in [7, 11) is 1.56. The van der Waals surface area contributed by atoms with Crippen LogP contribution in [0.5, 0.6) is 5.75 Å². The maximum Gasteiger partial charge on any atom is 0.257 e. The molecule has 6 heteroatoms. The Morgan fingerprint density at radius 3 is 2.20 bits per heavy atom. The van der Waals surface area contributed by atoms with Crippen LogP contribution in [0.2, 0.25) is 5.02 Å². The molecule has 5 nitrogen and oxygen atoms in total. The van der Waals surface area contributed by atoms with E-state index in [1.54, 1.807) is 25.3 Å². The molecule has 1 saturated heterocycles. The minimum Gasteiger partial charge on any atom is -0.496 e. The number of carbonyl (C=O) groups is 2. The lowest BCUT2D eigenvalue weighted by molar-refractivity contribution is -0.157. The van der Waals surface area contributed by atoms with Crippen LogP contribution in [0.3, 0.4) is 0 Å². The Labute approximate surface area is 183 Å². The van der Waals surface area contributed by atoms with Gasteiger partial charge in [0.1, 0.15) is 5.75 Å². The fourth-order valence-corrected chi connectivity index (χ4v) is 7.22. The quantitative estimate of drug-likeness (QED) is 0.720. The van der Waals surface area contributed by atoms with Crippen LogP contribution in [-0.4, -0.2) is 54.9 Å². The number of hydrogen-bond donors (Lipinski definition) is 0. The average molecular weight is 431 g/mol. The largest absolute Gasteiger partial charge is 0.496 e. The molecule has 5 aliphatic rings. The summed E-state index contributed by atoms with van der Waals surface area (Å²) in [6.45, 7) is 2.58. The normalized spacial score (nSPS) is 32.8. The van der Waals surface area contributed by atoms with Crippen molar-refractivity contribution in [1.82, 2.24) is 9.80 Å². The summed E-state index contributed by atoms with van der Waals surface area (Å²) >= 11 is 6.12. The predicted octanol–water partition coefficient (Wildman–Crippen LogP) is 4.24. The van der Waals surface area contributed by atoms with E-state index in [9.17, 15) is 9.59 Å². The SMILES string of the molecule is COc1ccc(Cl)cc1C(=O)N1CCCN(C(=O)C23CC4CC(CC(C4)C2)C3)CC1. The molecular formula is C24H31ClN2O3. The summed E-state index contributed by atoms with van der Waals surface area (Å²) in [6.07, 6.45) is 8.12. The van der Waals surface area contributed by atoms with Gasteiger partial charge in [0, 0.05) is 31.2 Å². The molecule has 0 radical (unpaired) electrons. The summed E-state index contributed by atoms with van der Waals surface area (Å²) < 4.78 is 5.37. The molecule has 0 atom stereocenters. The first-order valence-corrected chi connectivity index (χ1v) is 11.8. The fourth-order valence-electron chi connectivity index (χ4n) is 7.05. The Bertz CT molecular complexity index is 820. The second-order valence-electron chi connectivity index (χ2n) is 9.98. The first-order chi connectivity index (χ1) is 14.5. The molecule has 6 rings (SSSR count). The van der Waals surface area contributed by atoms with E-state index in [0.717, 1.165) is 50.0 Å². The van der Waals surface area contributed by atoms with Crippen LogP contribution in [0.4, 0.5) is 0 Å². The van der Waals surface area contributed by atoms with Gasteiger partial charge in [0.15, 0.2) is 0 Å². The number of amides is 2. The number of nitrogens with zero attached hydrogens (tertiary/aromatic N) is 2. The molecule has 162 valence electrons. The molecule has 4 aliphatic carbocycles. The van der Waals surface area contributed by atoms with Crippen LogP contribution in [0.1, 0.15) is 55.3 Å².